The van der Waals surface area contributed by atoms with Crippen molar-refractivity contribution in [1.29, 1.82) is 0 Å². The zero-order valence-electron chi connectivity index (χ0n) is 15.7. The van der Waals surface area contributed by atoms with E-state index in [1.807, 2.05) is 60.3 Å². The van der Waals surface area contributed by atoms with Crippen LogP contribution >= 0.6 is 0 Å². The molecule has 0 bridgehead atoms. The molecule has 5 heteroatoms. The molecular weight excluding hydrogens is 336 g/mol. The number of rotatable bonds is 9. The van der Waals surface area contributed by atoms with Crippen LogP contribution < -0.4 is 10.6 Å². The van der Waals surface area contributed by atoms with Gasteiger partial charge in [0.05, 0.1) is 12.7 Å². The molecule has 3 aromatic rings. The van der Waals surface area contributed by atoms with Crippen molar-refractivity contribution in [2.45, 2.75) is 33.0 Å². The molecule has 140 valence electrons. The Morgan fingerprint density at radius 3 is 2.59 bits per heavy atom. The van der Waals surface area contributed by atoms with Crippen LogP contribution in [0.15, 0.2) is 67.0 Å². The van der Waals surface area contributed by atoms with Crippen LogP contribution in [0.1, 0.15) is 40.4 Å². The molecule has 5 nitrogen and oxygen atoms in total. The van der Waals surface area contributed by atoms with Crippen LogP contribution in [0, 0.1) is 0 Å². The van der Waals surface area contributed by atoms with Crippen molar-refractivity contribution in [3.05, 3.63) is 89.2 Å². The summed E-state index contributed by atoms with van der Waals surface area (Å²) in [6.07, 6.45) is 4.89. The highest BCUT2D eigenvalue weighted by atomic mass is 16.1. The molecule has 2 N–H and O–H groups in total. The van der Waals surface area contributed by atoms with Crippen LogP contribution in [0.4, 0.5) is 0 Å². The standard InChI is InChI=1S/C22H26N4O/c1-2-11-24-22(27)21-10-6-9-19(12-21)13-23-14-20-15-25-26(17-20)16-18-7-4-3-5-8-18/h3-10,12,15,17,23H,2,11,13-14,16H2,1H3,(H,24,27). The molecule has 0 atom stereocenters. The summed E-state index contributed by atoms with van der Waals surface area (Å²) in [5.41, 5.74) is 4.18. The maximum atomic E-state index is 12.1. The molecule has 0 aliphatic heterocycles. The van der Waals surface area contributed by atoms with Crippen molar-refractivity contribution in [3.8, 4) is 0 Å². The van der Waals surface area contributed by atoms with E-state index in [0.717, 1.165) is 30.6 Å². The minimum atomic E-state index is -0.0131. The lowest BCUT2D eigenvalue weighted by atomic mass is 10.1. The average Bonchev–Trinajstić information content (AvgIpc) is 3.14. The van der Waals surface area contributed by atoms with Crippen LogP contribution in [-0.2, 0) is 19.6 Å². The Labute approximate surface area is 160 Å². The Bertz CT molecular complexity index is 858. The van der Waals surface area contributed by atoms with Gasteiger partial charge < -0.3 is 10.6 Å². The first-order valence-corrected chi connectivity index (χ1v) is 9.37. The molecule has 27 heavy (non-hydrogen) atoms. The van der Waals surface area contributed by atoms with Crippen LogP contribution in [0.3, 0.4) is 0 Å². The van der Waals surface area contributed by atoms with Gasteiger partial charge in [-0.05, 0) is 29.7 Å². The second-order valence-corrected chi connectivity index (χ2v) is 6.59. The summed E-state index contributed by atoms with van der Waals surface area (Å²) in [6.45, 7) is 4.96. The van der Waals surface area contributed by atoms with Gasteiger partial charge in [-0.1, -0.05) is 49.4 Å². The lowest BCUT2D eigenvalue weighted by Gasteiger charge is -2.07. The molecule has 0 aliphatic rings. The first-order valence-electron chi connectivity index (χ1n) is 9.37. The van der Waals surface area contributed by atoms with Crippen LogP contribution in [0.2, 0.25) is 0 Å². The van der Waals surface area contributed by atoms with Crippen molar-refractivity contribution < 1.29 is 4.79 Å². The Balaban J connectivity index is 1.49. The summed E-state index contributed by atoms with van der Waals surface area (Å²) in [4.78, 5) is 12.1. The highest BCUT2D eigenvalue weighted by Gasteiger charge is 2.05. The summed E-state index contributed by atoms with van der Waals surface area (Å²) >= 11 is 0. The molecule has 0 spiro atoms. The van der Waals surface area contributed by atoms with Crippen molar-refractivity contribution in [1.82, 2.24) is 20.4 Å². The molecule has 0 saturated carbocycles. The number of aromatic nitrogens is 2. The molecule has 0 saturated heterocycles. The van der Waals surface area contributed by atoms with E-state index in [-0.39, 0.29) is 5.91 Å². The predicted molar refractivity (Wildman–Crippen MR) is 107 cm³/mol. The highest BCUT2D eigenvalue weighted by Crippen LogP contribution is 2.07. The molecule has 1 aromatic heterocycles. The topological polar surface area (TPSA) is 59.0 Å². The third kappa shape index (κ3) is 5.79. The number of hydrogen-bond donors (Lipinski definition) is 2. The molecule has 2 aromatic carbocycles. The van der Waals surface area contributed by atoms with E-state index in [1.165, 1.54) is 5.56 Å². The van der Waals surface area contributed by atoms with Gasteiger partial charge in [0.2, 0.25) is 0 Å². The van der Waals surface area contributed by atoms with E-state index in [1.54, 1.807) is 0 Å². The largest absolute Gasteiger partial charge is 0.352 e. The molecule has 0 aliphatic carbocycles. The Morgan fingerprint density at radius 1 is 1.00 bits per heavy atom. The molecular formula is C22H26N4O. The fourth-order valence-electron chi connectivity index (χ4n) is 2.87. The third-order valence-corrected chi connectivity index (χ3v) is 4.26. The number of hydrogen-bond acceptors (Lipinski definition) is 3. The first kappa shape index (κ1) is 18.9. The number of carbonyl (C=O) groups excluding carboxylic acids is 1. The van der Waals surface area contributed by atoms with Gasteiger partial charge in [0, 0.05) is 37.0 Å². The number of nitrogens with one attached hydrogen (secondary N) is 2. The normalized spacial score (nSPS) is 10.7. The van der Waals surface area contributed by atoms with Crippen LogP contribution in [0.25, 0.3) is 0 Å². The fourth-order valence-corrected chi connectivity index (χ4v) is 2.87. The van der Waals surface area contributed by atoms with E-state index in [2.05, 4.69) is 34.1 Å². The van der Waals surface area contributed by atoms with Crippen molar-refractivity contribution >= 4 is 5.91 Å². The van der Waals surface area contributed by atoms with E-state index in [4.69, 9.17) is 0 Å². The van der Waals surface area contributed by atoms with Gasteiger partial charge in [0.1, 0.15) is 0 Å². The minimum absolute atomic E-state index is 0.0131. The lowest BCUT2D eigenvalue weighted by Crippen LogP contribution is -2.24. The molecule has 1 heterocycles. The zero-order valence-corrected chi connectivity index (χ0v) is 15.7. The van der Waals surface area contributed by atoms with E-state index >= 15 is 0 Å². The molecule has 0 radical (unpaired) electrons. The quantitative estimate of drug-likeness (QED) is 0.614. The van der Waals surface area contributed by atoms with Gasteiger partial charge in [0.25, 0.3) is 5.91 Å². The van der Waals surface area contributed by atoms with Gasteiger partial charge in [0.15, 0.2) is 0 Å². The molecule has 0 fully saturated rings. The smallest absolute Gasteiger partial charge is 0.251 e. The summed E-state index contributed by atoms with van der Waals surface area (Å²) in [7, 11) is 0. The summed E-state index contributed by atoms with van der Waals surface area (Å²) in [5, 5.41) is 10.8. The summed E-state index contributed by atoms with van der Waals surface area (Å²) in [5.74, 6) is -0.0131. The Kier molecular flexibility index (Phi) is 6.77. The summed E-state index contributed by atoms with van der Waals surface area (Å²) < 4.78 is 1.95. The number of amides is 1. The maximum Gasteiger partial charge on any atom is 0.251 e. The zero-order chi connectivity index (χ0) is 18.9. The van der Waals surface area contributed by atoms with E-state index in [0.29, 0.717) is 18.7 Å². The number of nitrogens with zero attached hydrogens (tertiary/aromatic N) is 2. The van der Waals surface area contributed by atoms with Crippen molar-refractivity contribution in [2.24, 2.45) is 0 Å². The SMILES string of the molecule is CCCNC(=O)c1cccc(CNCc2cnn(Cc3ccccc3)c2)c1. The van der Waals surface area contributed by atoms with Crippen molar-refractivity contribution in [2.75, 3.05) is 6.54 Å². The maximum absolute atomic E-state index is 12.1. The van der Waals surface area contributed by atoms with Gasteiger partial charge in [-0.2, -0.15) is 5.10 Å². The average molecular weight is 362 g/mol. The van der Waals surface area contributed by atoms with Gasteiger partial charge in [-0.25, -0.2) is 0 Å². The Morgan fingerprint density at radius 2 is 1.78 bits per heavy atom. The Hall–Kier alpha value is -2.92. The highest BCUT2D eigenvalue weighted by molar-refractivity contribution is 5.94. The number of carbonyl (C=O) groups is 1. The van der Waals surface area contributed by atoms with Gasteiger partial charge >= 0.3 is 0 Å². The monoisotopic (exact) mass is 362 g/mol. The van der Waals surface area contributed by atoms with Gasteiger partial charge in [-0.3, -0.25) is 9.48 Å². The number of benzene rings is 2. The molecule has 1 amide bonds. The summed E-state index contributed by atoms with van der Waals surface area (Å²) in [6, 6.07) is 18.0. The second kappa shape index (κ2) is 9.69. The van der Waals surface area contributed by atoms with E-state index < -0.39 is 0 Å². The van der Waals surface area contributed by atoms with E-state index in [9.17, 15) is 4.79 Å². The van der Waals surface area contributed by atoms with Crippen LogP contribution in [0.5, 0.6) is 0 Å². The second-order valence-electron chi connectivity index (χ2n) is 6.59. The lowest BCUT2D eigenvalue weighted by molar-refractivity contribution is 0.0953. The minimum Gasteiger partial charge on any atom is -0.352 e. The fraction of sp³-hybridized carbons (Fsp3) is 0.273. The van der Waals surface area contributed by atoms with Gasteiger partial charge in [-0.15, -0.1) is 0 Å². The van der Waals surface area contributed by atoms with Crippen LogP contribution in [-0.4, -0.2) is 22.2 Å². The van der Waals surface area contributed by atoms with Crippen molar-refractivity contribution in [3.63, 3.8) is 0 Å². The first-order chi connectivity index (χ1) is 13.2. The molecule has 3 rings (SSSR count). The predicted octanol–water partition coefficient (Wildman–Crippen LogP) is 3.36. The molecule has 0 unspecified atom stereocenters. The third-order valence-electron chi connectivity index (χ3n) is 4.26.